The topological polar surface area (TPSA) is 97.2 Å². The maximum absolute atomic E-state index is 13.1. The quantitative estimate of drug-likeness (QED) is 0.220. The molecule has 12 heteroatoms. The van der Waals surface area contributed by atoms with Crippen LogP contribution < -0.4 is 15.6 Å². The fraction of sp³-hybridized carbons (Fsp3) is 0.333. The van der Waals surface area contributed by atoms with Crippen LogP contribution in [-0.4, -0.2) is 43.9 Å². The minimum Gasteiger partial charge on any atom is -0.493 e. The molecule has 4 aromatic rings. The minimum atomic E-state index is -4.42. The van der Waals surface area contributed by atoms with E-state index in [0.717, 1.165) is 24.1 Å². The average Bonchev–Trinajstić information content (AvgIpc) is 3.48. The van der Waals surface area contributed by atoms with Crippen molar-refractivity contribution < 1.29 is 17.9 Å². The van der Waals surface area contributed by atoms with Gasteiger partial charge < -0.3 is 15.0 Å². The third-order valence-corrected chi connectivity index (χ3v) is 6.60. The largest absolute Gasteiger partial charge is 0.493 e. The number of anilines is 1. The lowest BCUT2D eigenvalue weighted by atomic mass is 10.1. The van der Waals surface area contributed by atoms with E-state index >= 15 is 0 Å². The molecule has 0 amide bonds. The van der Waals surface area contributed by atoms with Crippen LogP contribution in [0, 0.1) is 6.92 Å². The fourth-order valence-electron chi connectivity index (χ4n) is 4.09. The number of halogens is 3. The van der Waals surface area contributed by atoms with Crippen LogP contribution in [0.2, 0.25) is 0 Å². The summed E-state index contributed by atoms with van der Waals surface area (Å²) < 4.78 is 46.7. The molecule has 1 aromatic carbocycles. The number of allylic oxidation sites excluding steroid dienone is 3. The van der Waals surface area contributed by atoms with E-state index in [9.17, 15) is 18.0 Å². The molecular formula is C27H29F3N6O2S. The van der Waals surface area contributed by atoms with E-state index in [0.29, 0.717) is 58.0 Å². The third kappa shape index (κ3) is 6.22. The number of alkyl halides is 3. The van der Waals surface area contributed by atoms with Gasteiger partial charge in [-0.15, -0.1) is 16.4 Å². The van der Waals surface area contributed by atoms with E-state index in [4.69, 9.17) is 9.84 Å². The van der Waals surface area contributed by atoms with Crippen molar-refractivity contribution in [3.63, 3.8) is 0 Å². The first-order valence-electron chi connectivity index (χ1n) is 12.5. The number of thiazole rings is 1. The van der Waals surface area contributed by atoms with Crippen LogP contribution in [0.3, 0.4) is 0 Å². The van der Waals surface area contributed by atoms with E-state index in [1.807, 2.05) is 26.0 Å². The van der Waals surface area contributed by atoms with Crippen molar-refractivity contribution in [2.45, 2.75) is 46.7 Å². The molecular weight excluding hydrogens is 529 g/mol. The van der Waals surface area contributed by atoms with E-state index in [1.54, 1.807) is 22.9 Å². The molecule has 0 saturated carbocycles. The smallest absolute Gasteiger partial charge is 0.416 e. The Morgan fingerprint density at radius 3 is 2.74 bits per heavy atom. The molecule has 0 atom stereocenters. The predicted octanol–water partition coefficient (Wildman–Crippen LogP) is 6.34. The Kier molecular flexibility index (Phi) is 8.54. The molecule has 0 radical (unpaired) electrons. The van der Waals surface area contributed by atoms with Crippen LogP contribution in [0.5, 0.6) is 5.75 Å². The van der Waals surface area contributed by atoms with Crippen LogP contribution in [0.15, 0.2) is 52.2 Å². The van der Waals surface area contributed by atoms with Crippen molar-refractivity contribution in [1.29, 1.82) is 0 Å². The third-order valence-electron chi connectivity index (χ3n) is 5.80. The van der Waals surface area contributed by atoms with Crippen LogP contribution >= 0.6 is 11.3 Å². The number of aromatic amines is 1. The number of nitrogens with zero attached hydrogens (tertiary/aromatic N) is 4. The standard InChI is InChI=1S/C27H29F3N6O2S/c1-5-8-18(27(28,29)30)12-13-31-26-33-20(15-39-26)17-10-11-21(38-7-3)19(14-17)24-34-25(37)23-16(4)32-22(9-6-2)36(23)35-24/h5,8,10-12,14-15H,6-7,9,13H2,1-4H3,(H,31,33)(H,34,35,37)/b8-5-,18-12+. The van der Waals surface area contributed by atoms with Crippen molar-refractivity contribution >= 4 is 22.0 Å². The summed E-state index contributed by atoms with van der Waals surface area (Å²) in [5.41, 5.74) is 1.93. The van der Waals surface area contributed by atoms with Gasteiger partial charge in [0, 0.05) is 23.9 Å². The van der Waals surface area contributed by atoms with Crippen molar-refractivity contribution in [3.8, 4) is 28.4 Å². The summed E-state index contributed by atoms with van der Waals surface area (Å²) in [6, 6.07) is 5.44. The van der Waals surface area contributed by atoms with Gasteiger partial charge >= 0.3 is 6.18 Å². The Balaban J connectivity index is 1.68. The number of ether oxygens (including phenoxy) is 1. The number of nitrogens with one attached hydrogen (secondary N) is 2. The Morgan fingerprint density at radius 2 is 2.05 bits per heavy atom. The van der Waals surface area contributed by atoms with Gasteiger partial charge in [0.25, 0.3) is 5.56 Å². The molecule has 3 heterocycles. The second-order valence-electron chi connectivity index (χ2n) is 8.65. The Morgan fingerprint density at radius 1 is 1.26 bits per heavy atom. The molecule has 4 rings (SSSR count). The molecule has 0 aliphatic rings. The number of aromatic nitrogens is 5. The molecule has 0 bridgehead atoms. The minimum absolute atomic E-state index is 0.0315. The Bertz CT molecular complexity index is 1580. The van der Waals surface area contributed by atoms with Gasteiger partial charge in [-0.05, 0) is 45.4 Å². The van der Waals surface area contributed by atoms with Gasteiger partial charge in [-0.3, -0.25) is 4.79 Å². The van der Waals surface area contributed by atoms with E-state index in [-0.39, 0.29) is 12.1 Å². The van der Waals surface area contributed by atoms with Crippen molar-refractivity contribution in [2.75, 3.05) is 18.5 Å². The fourth-order valence-corrected chi connectivity index (χ4v) is 4.82. The molecule has 0 saturated heterocycles. The van der Waals surface area contributed by atoms with E-state index < -0.39 is 11.7 Å². The summed E-state index contributed by atoms with van der Waals surface area (Å²) in [5.74, 6) is 1.58. The molecule has 0 fully saturated rings. The number of fused-ring (bicyclic) bond motifs is 1. The normalized spacial score (nSPS) is 12.5. The molecule has 8 nitrogen and oxygen atoms in total. The lowest BCUT2D eigenvalue weighted by molar-refractivity contribution is -0.0883. The maximum atomic E-state index is 13.1. The SMILES string of the molecule is C/C=C\C(=C/CNc1nc(-c2ccc(OCC)c(-c3nn4c(CCC)nc(C)c4c(=O)[nH]3)c2)cs1)C(F)(F)F. The number of hydrogen-bond acceptors (Lipinski definition) is 7. The van der Waals surface area contributed by atoms with Crippen LogP contribution in [-0.2, 0) is 6.42 Å². The van der Waals surface area contributed by atoms with Gasteiger partial charge in [-0.1, -0.05) is 25.2 Å². The van der Waals surface area contributed by atoms with Gasteiger partial charge in [0.05, 0.1) is 29.1 Å². The highest BCUT2D eigenvalue weighted by Crippen LogP contribution is 2.34. The van der Waals surface area contributed by atoms with Gasteiger partial charge in [0.15, 0.2) is 16.5 Å². The molecule has 2 N–H and O–H groups in total. The summed E-state index contributed by atoms with van der Waals surface area (Å²) >= 11 is 1.28. The van der Waals surface area contributed by atoms with Crippen LogP contribution in [0.4, 0.5) is 18.3 Å². The zero-order valence-electron chi connectivity index (χ0n) is 22.0. The van der Waals surface area contributed by atoms with Gasteiger partial charge in [0.1, 0.15) is 11.6 Å². The summed E-state index contributed by atoms with van der Waals surface area (Å²) in [6.45, 7) is 7.60. The maximum Gasteiger partial charge on any atom is 0.416 e. The number of benzene rings is 1. The molecule has 0 aliphatic carbocycles. The van der Waals surface area contributed by atoms with E-state index in [1.165, 1.54) is 24.3 Å². The monoisotopic (exact) mass is 558 g/mol. The van der Waals surface area contributed by atoms with Gasteiger partial charge in [-0.2, -0.15) is 13.2 Å². The summed E-state index contributed by atoms with van der Waals surface area (Å²) in [5, 5.41) is 9.91. The zero-order chi connectivity index (χ0) is 28.2. The Hall–Kier alpha value is -3.93. The first-order chi connectivity index (χ1) is 18.7. The first kappa shape index (κ1) is 28.1. The molecule has 3 aromatic heterocycles. The lowest BCUT2D eigenvalue weighted by Gasteiger charge is -2.12. The van der Waals surface area contributed by atoms with Crippen LogP contribution in [0.25, 0.3) is 28.2 Å². The van der Waals surface area contributed by atoms with Gasteiger partial charge in [0.2, 0.25) is 0 Å². The Labute approximate surface area is 227 Å². The summed E-state index contributed by atoms with van der Waals surface area (Å²) in [7, 11) is 0. The second kappa shape index (κ2) is 11.9. The van der Waals surface area contributed by atoms with E-state index in [2.05, 4.69) is 20.3 Å². The summed E-state index contributed by atoms with van der Waals surface area (Å²) in [6.07, 6.45) is 0.562. The highest BCUT2D eigenvalue weighted by molar-refractivity contribution is 7.14. The molecule has 0 aliphatic heterocycles. The van der Waals surface area contributed by atoms with Crippen LogP contribution in [0.1, 0.15) is 38.7 Å². The number of rotatable bonds is 10. The molecule has 39 heavy (non-hydrogen) atoms. The number of aryl methyl sites for hydroxylation is 2. The van der Waals surface area contributed by atoms with Crippen molar-refractivity contribution in [1.82, 2.24) is 24.6 Å². The average molecular weight is 559 g/mol. The predicted molar refractivity (Wildman–Crippen MR) is 147 cm³/mol. The molecule has 0 unspecified atom stereocenters. The van der Waals surface area contributed by atoms with Crippen molar-refractivity contribution in [3.05, 3.63) is 69.3 Å². The summed E-state index contributed by atoms with van der Waals surface area (Å²) in [4.78, 5) is 24.9. The lowest BCUT2D eigenvalue weighted by Crippen LogP contribution is -2.16. The molecule has 206 valence electrons. The van der Waals surface area contributed by atoms with Crippen molar-refractivity contribution in [2.24, 2.45) is 0 Å². The highest BCUT2D eigenvalue weighted by Gasteiger charge is 2.31. The highest BCUT2D eigenvalue weighted by atomic mass is 32.1. The molecule has 0 spiro atoms. The number of H-pyrrole nitrogens is 1. The first-order valence-corrected chi connectivity index (χ1v) is 13.4. The second-order valence-corrected chi connectivity index (χ2v) is 9.50. The van der Waals surface area contributed by atoms with Gasteiger partial charge in [-0.25, -0.2) is 14.5 Å². The number of hydrogen-bond donors (Lipinski definition) is 2. The zero-order valence-corrected chi connectivity index (χ0v) is 22.8. The number of imidazole rings is 1.